The highest BCUT2D eigenvalue weighted by atomic mass is 14.8. The molecule has 6 N–H and O–H groups in total. The summed E-state index contributed by atoms with van der Waals surface area (Å²) in [4.78, 5) is 3.94. The molecule has 0 spiro atoms. The standard InChI is InChI=1S/C8H14N4/c9-4-3-7(10)6-2-1-5-12-8(6)11/h1-2,5,7H,3-4,9-10H2,(H2,11,12)/t7-/m1/s1. The average molecular weight is 166 g/mol. The van der Waals surface area contributed by atoms with Crippen molar-refractivity contribution in [1.82, 2.24) is 4.98 Å². The summed E-state index contributed by atoms with van der Waals surface area (Å²) in [7, 11) is 0. The zero-order valence-corrected chi connectivity index (χ0v) is 6.90. The third kappa shape index (κ3) is 1.93. The molecule has 1 heterocycles. The Morgan fingerprint density at radius 3 is 2.83 bits per heavy atom. The number of nitrogens with two attached hydrogens (primary N) is 3. The lowest BCUT2D eigenvalue weighted by atomic mass is 10.1. The summed E-state index contributed by atoms with van der Waals surface area (Å²) in [6.07, 6.45) is 2.38. The maximum Gasteiger partial charge on any atom is 0.128 e. The summed E-state index contributed by atoms with van der Waals surface area (Å²) in [5, 5.41) is 0. The Kier molecular flexibility index (Phi) is 3.01. The molecule has 0 bridgehead atoms. The van der Waals surface area contributed by atoms with Crippen LogP contribution in [0.25, 0.3) is 0 Å². The number of hydrogen-bond acceptors (Lipinski definition) is 4. The van der Waals surface area contributed by atoms with E-state index in [0.29, 0.717) is 12.4 Å². The number of anilines is 1. The largest absolute Gasteiger partial charge is 0.383 e. The smallest absolute Gasteiger partial charge is 0.128 e. The SMILES string of the molecule is NCC[C@@H](N)c1cccnc1N. The Hall–Kier alpha value is -1.13. The van der Waals surface area contributed by atoms with Gasteiger partial charge in [0.2, 0.25) is 0 Å². The number of nitrogen functional groups attached to an aromatic ring is 1. The van der Waals surface area contributed by atoms with E-state index in [0.717, 1.165) is 12.0 Å². The Bertz CT molecular complexity index is 249. The first-order chi connectivity index (χ1) is 5.75. The monoisotopic (exact) mass is 166 g/mol. The van der Waals surface area contributed by atoms with Gasteiger partial charge in [-0.2, -0.15) is 0 Å². The van der Waals surface area contributed by atoms with E-state index in [1.54, 1.807) is 6.20 Å². The van der Waals surface area contributed by atoms with Crippen molar-refractivity contribution in [3.8, 4) is 0 Å². The van der Waals surface area contributed by atoms with Crippen LogP contribution in [0.5, 0.6) is 0 Å². The normalized spacial score (nSPS) is 12.8. The lowest BCUT2D eigenvalue weighted by Gasteiger charge is -2.11. The fraction of sp³-hybridized carbons (Fsp3) is 0.375. The van der Waals surface area contributed by atoms with Crippen LogP contribution in [0.2, 0.25) is 0 Å². The summed E-state index contributed by atoms with van der Waals surface area (Å²) in [6.45, 7) is 0.565. The van der Waals surface area contributed by atoms with E-state index in [1.807, 2.05) is 12.1 Å². The lowest BCUT2D eigenvalue weighted by Crippen LogP contribution is -2.17. The van der Waals surface area contributed by atoms with Crippen LogP contribution >= 0.6 is 0 Å². The van der Waals surface area contributed by atoms with Gasteiger partial charge in [0.15, 0.2) is 0 Å². The highest BCUT2D eigenvalue weighted by Gasteiger charge is 2.07. The van der Waals surface area contributed by atoms with Crippen molar-refractivity contribution in [3.05, 3.63) is 23.9 Å². The molecule has 4 nitrogen and oxygen atoms in total. The van der Waals surface area contributed by atoms with Crippen molar-refractivity contribution in [1.29, 1.82) is 0 Å². The summed E-state index contributed by atoms with van der Waals surface area (Å²) >= 11 is 0. The van der Waals surface area contributed by atoms with Gasteiger partial charge in [0.25, 0.3) is 0 Å². The first kappa shape index (κ1) is 8.96. The van der Waals surface area contributed by atoms with Crippen LogP contribution in [0.1, 0.15) is 18.0 Å². The molecule has 12 heavy (non-hydrogen) atoms. The van der Waals surface area contributed by atoms with Crippen molar-refractivity contribution in [2.75, 3.05) is 12.3 Å². The first-order valence-electron chi connectivity index (χ1n) is 3.91. The van der Waals surface area contributed by atoms with Gasteiger partial charge in [-0.25, -0.2) is 4.98 Å². The van der Waals surface area contributed by atoms with Crippen LogP contribution in [0.15, 0.2) is 18.3 Å². The van der Waals surface area contributed by atoms with Gasteiger partial charge in [0.05, 0.1) is 0 Å². The van der Waals surface area contributed by atoms with Crippen molar-refractivity contribution < 1.29 is 0 Å². The predicted molar refractivity (Wildman–Crippen MR) is 49.2 cm³/mol. The molecular formula is C8H14N4. The van der Waals surface area contributed by atoms with Crippen LogP contribution in [-0.2, 0) is 0 Å². The molecule has 0 radical (unpaired) electrons. The van der Waals surface area contributed by atoms with Gasteiger partial charge in [-0.3, -0.25) is 0 Å². The highest BCUT2D eigenvalue weighted by Crippen LogP contribution is 2.17. The maximum atomic E-state index is 5.81. The van der Waals surface area contributed by atoms with E-state index in [1.165, 1.54) is 0 Å². The van der Waals surface area contributed by atoms with E-state index in [2.05, 4.69) is 4.98 Å². The van der Waals surface area contributed by atoms with Crippen LogP contribution < -0.4 is 17.2 Å². The van der Waals surface area contributed by atoms with Gasteiger partial charge in [-0.1, -0.05) is 6.07 Å². The molecule has 0 aliphatic heterocycles. The fourth-order valence-electron chi connectivity index (χ4n) is 1.08. The van der Waals surface area contributed by atoms with Crippen LogP contribution in [0.4, 0.5) is 5.82 Å². The Balaban J connectivity index is 2.79. The van der Waals surface area contributed by atoms with Gasteiger partial charge in [-0.05, 0) is 19.0 Å². The second-order valence-electron chi connectivity index (χ2n) is 2.66. The van der Waals surface area contributed by atoms with Crippen molar-refractivity contribution in [2.45, 2.75) is 12.5 Å². The fourth-order valence-corrected chi connectivity index (χ4v) is 1.08. The van der Waals surface area contributed by atoms with E-state index in [-0.39, 0.29) is 6.04 Å². The quantitative estimate of drug-likeness (QED) is 0.590. The zero-order valence-electron chi connectivity index (χ0n) is 6.90. The second-order valence-corrected chi connectivity index (χ2v) is 2.66. The number of hydrogen-bond donors (Lipinski definition) is 3. The van der Waals surface area contributed by atoms with Gasteiger partial charge in [0, 0.05) is 17.8 Å². The molecule has 0 saturated carbocycles. The number of rotatable bonds is 3. The molecular weight excluding hydrogens is 152 g/mol. The summed E-state index contributed by atoms with van der Waals surface area (Å²) in [5.74, 6) is 0.499. The molecule has 0 aliphatic carbocycles. The van der Waals surface area contributed by atoms with E-state index in [9.17, 15) is 0 Å². The Morgan fingerprint density at radius 2 is 2.25 bits per heavy atom. The van der Waals surface area contributed by atoms with E-state index in [4.69, 9.17) is 17.2 Å². The molecule has 0 saturated heterocycles. The molecule has 1 aromatic rings. The van der Waals surface area contributed by atoms with Crippen molar-refractivity contribution in [3.63, 3.8) is 0 Å². The maximum absolute atomic E-state index is 5.81. The minimum absolute atomic E-state index is 0.0938. The molecule has 0 fully saturated rings. The van der Waals surface area contributed by atoms with Crippen molar-refractivity contribution in [2.24, 2.45) is 11.5 Å². The van der Waals surface area contributed by atoms with Gasteiger partial charge < -0.3 is 17.2 Å². The molecule has 4 heteroatoms. The van der Waals surface area contributed by atoms with Gasteiger partial charge in [0.1, 0.15) is 5.82 Å². The lowest BCUT2D eigenvalue weighted by molar-refractivity contribution is 0.661. The Morgan fingerprint density at radius 1 is 1.50 bits per heavy atom. The topological polar surface area (TPSA) is 91.0 Å². The molecule has 1 atom stereocenters. The third-order valence-corrected chi connectivity index (χ3v) is 1.75. The second kappa shape index (κ2) is 4.04. The summed E-state index contributed by atoms with van der Waals surface area (Å²) in [6, 6.07) is 3.61. The average Bonchev–Trinajstić information content (AvgIpc) is 2.05. The third-order valence-electron chi connectivity index (χ3n) is 1.75. The van der Waals surface area contributed by atoms with Crippen LogP contribution in [-0.4, -0.2) is 11.5 Å². The molecule has 0 unspecified atom stereocenters. The minimum Gasteiger partial charge on any atom is -0.383 e. The first-order valence-corrected chi connectivity index (χ1v) is 3.91. The van der Waals surface area contributed by atoms with Gasteiger partial charge in [-0.15, -0.1) is 0 Å². The molecule has 0 amide bonds. The number of aromatic nitrogens is 1. The molecule has 0 aliphatic rings. The predicted octanol–water partition coefficient (Wildman–Crippen LogP) is 0.0124. The minimum atomic E-state index is -0.0938. The molecule has 1 rings (SSSR count). The van der Waals surface area contributed by atoms with E-state index >= 15 is 0 Å². The highest BCUT2D eigenvalue weighted by molar-refractivity contribution is 5.40. The zero-order chi connectivity index (χ0) is 8.97. The summed E-state index contributed by atoms with van der Waals surface area (Å²) in [5.41, 5.74) is 17.7. The number of pyridine rings is 1. The summed E-state index contributed by atoms with van der Waals surface area (Å²) < 4.78 is 0. The molecule has 66 valence electrons. The van der Waals surface area contributed by atoms with E-state index < -0.39 is 0 Å². The van der Waals surface area contributed by atoms with Crippen molar-refractivity contribution >= 4 is 5.82 Å². The van der Waals surface area contributed by atoms with Gasteiger partial charge >= 0.3 is 0 Å². The Labute approximate surface area is 71.8 Å². The van der Waals surface area contributed by atoms with Crippen LogP contribution in [0.3, 0.4) is 0 Å². The van der Waals surface area contributed by atoms with Crippen LogP contribution in [0, 0.1) is 0 Å². The molecule has 0 aromatic carbocycles. The number of nitrogens with zero attached hydrogens (tertiary/aromatic N) is 1. The molecule has 1 aromatic heterocycles.